The fourth-order valence-electron chi connectivity index (χ4n) is 5.45. The van der Waals surface area contributed by atoms with E-state index in [4.69, 9.17) is 27.6 Å². The van der Waals surface area contributed by atoms with Gasteiger partial charge in [-0.15, -0.1) is 11.3 Å². The molecular formula is C39H23N3OS. The van der Waals surface area contributed by atoms with Gasteiger partial charge in [0.05, 0.1) is 9.60 Å². The molecule has 0 amide bonds. The minimum atomic E-state index is -0.400. The van der Waals surface area contributed by atoms with Crippen molar-refractivity contribution in [3.8, 4) is 45.3 Å². The quantitative estimate of drug-likeness (QED) is 0.205. The highest BCUT2D eigenvalue weighted by Gasteiger charge is 2.15. The Balaban J connectivity index is 1.18. The number of thiophene rings is 1. The number of rotatable bonds is 4. The first-order valence-electron chi connectivity index (χ1n) is 17.5. The molecule has 9 rings (SSSR count). The molecule has 0 fully saturated rings. The van der Waals surface area contributed by atoms with Gasteiger partial charge in [0.1, 0.15) is 11.2 Å². The van der Waals surface area contributed by atoms with Crippen molar-refractivity contribution >= 4 is 53.4 Å². The third kappa shape index (κ3) is 4.17. The Morgan fingerprint density at radius 3 is 1.95 bits per heavy atom. The Morgan fingerprint density at radius 2 is 1.11 bits per heavy atom. The predicted octanol–water partition coefficient (Wildman–Crippen LogP) is 10.8. The molecule has 44 heavy (non-hydrogen) atoms. The molecule has 6 aromatic carbocycles. The van der Waals surface area contributed by atoms with Gasteiger partial charge in [0.15, 0.2) is 17.5 Å². The van der Waals surface area contributed by atoms with E-state index in [9.17, 15) is 1.37 Å². The summed E-state index contributed by atoms with van der Waals surface area (Å²) >= 11 is 1.02. The van der Waals surface area contributed by atoms with Crippen LogP contribution >= 0.6 is 11.3 Å². The standard InChI is InChI=1S/C39H23N3OS/c1-2-8-25(9-3-1)37-40-38(42-39(41-37)28-18-20-30-29-10-4-6-12-33(29)43-34(30)23-28)26-16-14-24(15-17-26)27-19-21-36-32(22-27)31-11-5-7-13-35(31)44-36/h1-23H/i5D,7D,11D,13D,19D,21D,22D. The zero-order valence-electron chi connectivity index (χ0n) is 29.9. The molecule has 0 aliphatic carbocycles. The molecule has 3 heterocycles. The minimum Gasteiger partial charge on any atom is -0.456 e. The zero-order valence-corrected chi connectivity index (χ0v) is 23.7. The van der Waals surface area contributed by atoms with Crippen molar-refractivity contribution in [2.24, 2.45) is 0 Å². The third-order valence-corrected chi connectivity index (χ3v) is 8.64. The van der Waals surface area contributed by atoms with Crippen molar-refractivity contribution in [2.75, 3.05) is 0 Å². The Bertz CT molecular complexity index is 2890. The fourth-order valence-corrected chi connectivity index (χ4v) is 6.37. The van der Waals surface area contributed by atoms with Crippen LogP contribution in [0.5, 0.6) is 0 Å². The van der Waals surface area contributed by atoms with Crippen LogP contribution in [0.1, 0.15) is 9.60 Å². The SMILES string of the molecule is [2H]c1c([2H])c([2H])c2c(sc3c([2H])c([2H])c(-c4ccc(-c5nc(-c6ccccc6)nc(-c6ccc7c(c6)oc6ccccc67)n5)cc4)c([2H])c32)c1[2H]. The highest BCUT2D eigenvalue weighted by atomic mass is 32.1. The molecule has 0 saturated carbocycles. The van der Waals surface area contributed by atoms with Crippen LogP contribution in [0.25, 0.3) is 87.4 Å². The van der Waals surface area contributed by atoms with E-state index in [2.05, 4.69) is 0 Å². The average molecular weight is 589 g/mol. The van der Waals surface area contributed by atoms with E-state index >= 15 is 0 Å². The summed E-state index contributed by atoms with van der Waals surface area (Å²) in [7, 11) is 0. The van der Waals surface area contributed by atoms with E-state index in [1.165, 1.54) is 0 Å². The summed E-state index contributed by atoms with van der Waals surface area (Å²) in [4.78, 5) is 14.5. The molecule has 0 atom stereocenters. The van der Waals surface area contributed by atoms with Crippen LogP contribution in [-0.4, -0.2) is 15.0 Å². The van der Waals surface area contributed by atoms with Crippen LogP contribution in [-0.2, 0) is 0 Å². The Hall–Kier alpha value is -5.65. The third-order valence-electron chi connectivity index (χ3n) is 7.62. The maximum absolute atomic E-state index is 9.17. The molecule has 0 N–H and O–H groups in total. The van der Waals surface area contributed by atoms with Crippen molar-refractivity contribution in [2.45, 2.75) is 0 Å². The van der Waals surface area contributed by atoms with Crippen LogP contribution < -0.4 is 0 Å². The number of nitrogens with zero attached hydrogens (tertiary/aromatic N) is 3. The van der Waals surface area contributed by atoms with E-state index in [-0.39, 0.29) is 57.3 Å². The topological polar surface area (TPSA) is 51.8 Å². The highest BCUT2D eigenvalue weighted by molar-refractivity contribution is 7.25. The zero-order chi connectivity index (χ0) is 35.1. The lowest BCUT2D eigenvalue weighted by molar-refractivity contribution is 0.669. The summed E-state index contributed by atoms with van der Waals surface area (Å²) in [6.45, 7) is 0. The van der Waals surface area contributed by atoms with Gasteiger partial charge in [-0.2, -0.15) is 0 Å². The molecule has 206 valence electrons. The molecule has 0 spiro atoms. The highest BCUT2D eigenvalue weighted by Crippen LogP contribution is 2.37. The summed E-state index contributed by atoms with van der Waals surface area (Å²) in [5, 5.41) is 2.47. The number of fused-ring (bicyclic) bond motifs is 6. The normalized spacial score (nSPS) is 13.9. The van der Waals surface area contributed by atoms with E-state index in [1.807, 2.05) is 72.8 Å². The van der Waals surface area contributed by atoms with Gasteiger partial charge in [-0.3, -0.25) is 0 Å². The van der Waals surface area contributed by atoms with Crippen LogP contribution in [0.15, 0.2) is 144 Å². The van der Waals surface area contributed by atoms with Crippen LogP contribution in [0, 0.1) is 0 Å². The Kier molecular flexibility index (Phi) is 4.26. The maximum Gasteiger partial charge on any atom is 0.164 e. The van der Waals surface area contributed by atoms with Gasteiger partial charge in [0.25, 0.3) is 0 Å². The number of hydrogen-bond donors (Lipinski definition) is 0. The number of para-hydroxylation sites is 1. The molecule has 5 heteroatoms. The lowest BCUT2D eigenvalue weighted by Crippen LogP contribution is -2.00. The first-order chi connectivity index (χ1) is 24.7. The summed E-state index contributed by atoms with van der Waals surface area (Å²) in [6.07, 6.45) is 0. The monoisotopic (exact) mass is 588 g/mol. The molecule has 0 unspecified atom stereocenters. The molecule has 4 nitrogen and oxygen atoms in total. The molecule has 0 bridgehead atoms. The molecule has 9 aromatic rings. The van der Waals surface area contributed by atoms with Gasteiger partial charge in [-0.1, -0.05) is 103 Å². The van der Waals surface area contributed by atoms with E-state index < -0.39 is 6.04 Å². The summed E-state index contributed by atoms with van der Waals surface area (Å²) in [5.74, 6) is 1.37. The summed E-state index contributed by atoms with van der Waals surface area (Å²) in [6, 6.07) is 28.9. The second kappa shape index (κ2) is 9.97. The van der Waals surface area contributed by atoms with Gasteiger partial charge in [-0.05, 0) is 47.5 Å². The second-order valence-corrected chi connectivity index (χ2v) is 11.3. The van der Waals surface area contributed by atoms with Crippen molar-refractivity contribution in [3.05, 3.63) is 139 Å². The van der Waals surface area contributed by atoms with Crippen molar-refractivity contribution < 1.29 is 14.0 Å². The lowest BCUT2D eigenvalue weighted by atomic mass is 10.0. The molecule has 0 saturated heterocycles. The predicted molar refractivity (Wildman–Crippen MR) is 182 cm³/mol. The van der Waals surface area contributed by atoms with Crippen LogP contribution in [0.4, 0.5) is 0 Å². The second-order valence-electron chi connectivity index (χ2n) is 10.3. The summed E-state index contributed by atoms with van der Waals surface area (Å²) in [5.41, 5.74) is 4.48. The van der Waals surface area contributed by atoms with Gasteiger partial charge < -0.3 is 4.42 Å². The average Bonchev–Trinajstić information content (AvgIpc) is 3.75. The van der Waals surface area contributed by atoms with Crippen LogP contribution in [0.3, 0.4) is 0 Å². The van der Waals surface area contributed by atoms with E-state index in [0.29, 0.717) is 33.3 Å². The first kappa shape index (κ1) is 18.8. The maximum atomic E-state index is 9.17. The number of benzene rings is 6. The van der Waals surface area contributed by atoms with Gasteiger partial charge in [-0.25, -0.2) is 15.0 Å². The van der Waals surface area contributed by atoms with Gasteiger partial charge >= 0.3 is 0 Å². The molecule has 3 aromatic heterocycles. The van der Waals surface area contributed by atoms with Crippen molar-refractivity contribution in [1.82, 2.24) is 15.0 Å². The number of furan rings is 1. The molecule has 0 aliphatic rings. The molecule has 0 radical (unpaired) electrons. The largest absolute Gasteiger partial charge is 0.456 e. The lowest BCUT2D eigenvalue weighted by Gasteiger charge is -2.09. The molecule has 0 aliphatic heterocycles. The van der Waals surface area contributed by atoms with E-state index in [1.54, 1.807) is 24.3 Å². The Morgan fingerprint density at radius 1 is 0.477 bits per heavy atom. The minimum absolute atomic E-state index is 0.0650. The van der Waals surface area contributed by atoms with E-state index in [0.717, 1.165) is 44.4 Å². The Labute approximate surface area is 266 Å². The van der Waals surface area contributed by atoms with Crippen molar-refractivity contribution in [1.29, 1.82) is 0 Å². The number of aromatic nitrogens is 3. The van der Waals surface area contributed by atoms with Gasteiger partial charge in [0.2, 0.25) is 0 Å². The number of hydrogen-bond acceptors (Lipinski definition) is 5. The fraction of sp³-hybridized carbons (Fsp3) is 0. The van der Waals surface area contributed by atoms with Crippen molar-refractivity contribution in [3.63, 3.8) is 0 Å². The molecular weight excluding hydrogens is 559 g/mol. The smallest absolute Gasteiger partial charge is 0.164 e. The van der Waals surface area contributed by atoms with Gasteiger partial charge in [0, 0.05) is 47.6 Å². The summed E-state index contributed by atoms with van der Waals surface area (Å²) < 4.78 is 66.8. The van der Waals surface area contributed by atoms with Crippen LogP contribution in [0.2, 0.25) is 0 Å². The first-order valence-corrected chi connectivity index (χ1v) is 14.8.